The zero-order chi connectivity index (χ0) is 31.4. The fourth-order valence-corrected chi connectivity index (χ4v) is 5.25. The first-order valence-corrected chi connectivity index (χ1v) is 16.2. The van der Waals surface area contributed by atoms with Crippen LogP contribution in [0.1, 0.15) is 15.9 Å². The molecule has 13 heteroatoms. The molecular formula is C30H28O11S2. The molecule has 0 aliphatic rings. The molecule has 0 radical (unpaired) electrons. The summed E-state index contributed by atoms with van der Waals surface area (Å²) in [6.07, 6.45) is 1.80. The van der Waals surface area contributed by atoms with Crippen LogP contribution in [0.4, 0.5) is 0 Å². The highest BCUT2D eigenvalue weighted by atomic mass is 32.2. The highest BCUT2D eigenvalue weighted by Gasteiger charge is 2.27. The van der Waals surface area contributed by atoms with Gasteiger partial charge in [-0.2, -0.15) is 16.8 Å². The molecule has 0 aliphatic heterocycles. The Balaban J connectivity index is 1.86. The minimum absolute atomic E-state index is 0.0185. The van der Waals surface area contributed by atoms with Crippen LogP contribution in [-0.2, 0) is 26.8 Å². The third-order valence-electron chi connectivity index (χ3n) is 6.01. The SMILES string of the molecule is COc1cc(-c2ccc(OS(C)(=O)=O)cc2)c(OC)c(C(=O)O)c1-c1ccc(OCc2ccccc2)c(OS(C)(=O)=O)c1. The Bertz CT molecular complexity index is 1850. The van der Waals surface area contributed by atoms with Crippen LogP contribution in [0.3, 0.4) is 0 Å². The maximum atomic E-state index is 12.7. The quantitative estimate of drug-likeness (QED) is 0.211. The molecule has 11 nitrogen and oxygen atoms in total. The van der Waals surface area contributed by atoms with Gasteiger partial charge in [-0.25, -0.2) is 4.79 Å². The van der Waals surface area contributed by atoms with E-state index in [0.29, 0.717) is 11.1 Å². The van der Waals surface area contributed by atoms with Crippen molar-refractivity contribution in [2.75, 3.05) is 26.7 Å². The van der Waals surface area contributed by atoms with Crippen molar-refractivity contribution in [1.29, 1.82) is 0 Å². The van der Waals surface area contributed by atoms with Crippen LogP contribution < -0.4 is 22.6 Å². The molecule has 0 bridgehead atoms. The van der Waals surface area contributed by atoms with Gasteiger partial charge in [0, 0.05) is 11.1 Å². The molecule has 0 saturated carbocycles. The fourth-order valence-electron chi connectivity index (χ4n) is 4.33. The van der Waals surface area contributed by atoms with E-state index in [1.807, 2.05) is 30.3 Å². The van der Waals surface area contributed by atoms with Gasteiger partial charge in [0.15, 0.2) is 11.5 Å². The minimum Gasteiger partial charge on any atom is -0.496 e. The molecule has 0 aliphatic carbocycles. The van der Waals surface area contributed by atoms with E-state index in [1.54, 1.807) is 24.3 Å². The average molecular weight is 629 g/mol. The van der Waals surface area contributed by atoms with E-state index in [-0.39, 0.29) is 52.0 Å². The molecule has 0 fully saturated rings. The molecule has 0 heterocycles. The molecule has 4 rings (SSSR count). The summed E-state index contributed by atoms with van der Waals surface area (Å²) < 4.78 is 74.3. The van der Waals surface area contributed by atoms with E-state index in [4.69, 9.17) is 22.6 Å². The van der Waals surface area contributed by atoms with Crippen LogP contribution in [0.2, 0.25) is 0 Å². The second-order valence-electron chi connectivity index (χ2n) is 9.25. The van der Waals surface area contributed by atoms with Crippen molar-refractivity contribution in [3.63, 3.8) is 0 Å². The van der Waals surface area contributed by atoms with Gasteiger partial charge in [-0.1, -0.05) is 48.5 Å². The van der Waals surface area contributed by atoms with Gasteiger partial charge >= 0.3 is 26.2 Å². The number of rotatable bonds is 12. The molecule has 0 atom stereocenters. The van der Waals surface area contributed by atoms with Crippen LogP contribution in [-0.4, -0.2) is 54.6 Å². The lowest BCUT2D eigenvalue weighted by molar-refractivity contribution is 0.0694. The second-order valence-corrected chi connectivity index (χ2v) is 12.4. The molecule has 0 aromatic heterocycles. The molecule has 4 aromatic carbocycles. The molecule has 226 valence electrons. The number of carboxylic acids is 1. The fraction of sp³-hybridized carbons (Fsp3) is 0.167. The molecule has 1 N–H and O–H groups in total. The van der Waals surface area contributed by atoms with Crippen LogP contribution in [0.5, 0.6) is 28.7 Å². The Morgan fingerprint density at radius 3 is 1.91 bits per heavy atom. The van der Waals surface area contributed by atoms with Crippen molar-refractivity contribution in [3.8, 4) is 51.0 Å². The predicted molar refractivity (Wildman–Crippen MR) is 159 cm³/mol. The zero-order valence-corrected chi connectivity index (χ0v) is 25.2. The largest absolute Gasteiger partial charge is 0.496 e. The van der Waals surface area contributed by atoms with E-state index >= 15 is 0 Å². The average Bonchev–Trinajstić information content (AvgIpc) is 2.94. The maximum absolute atomic E-state index is 12.7. The van der Waals surface area contributed by atoms with Crippen LogP contribution in [0.15, 0.2) is 78.9 Å². The summed E-state index contributed by atoms with van der Waals surface area (Å²) >= 11 is 0. The van der Waals surface area contributed by atoms with E-state index < -0.39 is 26.2 Å². The Morgan fingerprint density at radius 1 is 0.721 bits per heavy atom. The number of aromatic carboxylic acids is 1. The van der Waals surface area contributed by atoms with E-state index in [9.17, 15) is 26.7 Å². The number of carbonyl (C=O) groups is 1. The minimum atomic E-state index is -3.99. The van der Waals surface area contributed by atoms with E-state index in [0.717, 1.165) is 18.1 Å². The van der Waals surface area contributed by atoms with Gasteiger partial charge in [0.1, 0.15) is 29.4 Å². The molecule has 4 aromatic rings. The standard InChI is InChI=1S/C30H28O11S2/c1-37-26-17-23(20-10-13-22(14-11-20)40-42(3,33)34)29(38-2)28(30(31)32)27(26)21-12-15-24(25(16-21)41-43(4,35)36)39-18-19-8-6-5-7-9-19/h5-17H,18H2,1-4H3,(H,31,32). The topological polar surface area (TPSA) is 152 Å². The van der Waals surface area contributed by atoms with Crippen LogP contribution in [0, 0.1) is 0 Å². The Kier molecular flexibility index (Phi) is 9.16. The van der Waals surface area contributed by atoms with Gasteiger partial charge in [-0.3, -0.25) is 0 Å². The van der Waals surface area contributed by atoms with Crippen LogP contribution >= 0.6 is 0 Å². The van der Waals surface area contributed by atoms with Gasteiger partial charge in [-0.15, -0.1) is 0 Å². The lowest BCUT2D eigenvalue weighted by atomic mass is 9.92. The summed E-state index contributed by atoms with van der Waals surface area (Å²) in [7, 11) is -5.08. The first-order chi connectivity index (χ1) is 20.3. The number of ether oxygens (including phenoxy) is 3. The molecule has 0 unspecified atom stereocenters. The van der Waals surface area contributed by atoms with Crippen LogP contribution in [0.25, 0.3) is 22.3 Å². The van der Waals surface area contributed by atoms with E-state index in [2.05, 4.69) is 0 Å². The van der Waals surface area contributed by atoms with Gasteiger partial charge in [0.25, 0.3) is 0 Å². The smallest absolute Gasteiger partial charge is 0.340 e. The summed E-state index contributed by atoms with van der Waals surface area (Å²) in [6.45, 7) is 0.126. The van der Waals surface area contributed by atoms with Gasteiger partial charge in [0.2, 0.25) is 0 Å². The second kappa shape index (κ2) is 12.6. The number of methoxy groups -OCH3 is 2. The molecule has 0 amide bonds. The summed E-state index contributed by atoms with van der Waals surface area (Å²) in [5.41, 5.74) is 1.74. The monoisotopic (exact) mass is 628 g/mol. The Labute approximate surface area is 249 Å². The predicted octanol–water partition coefficient (Wildman–Crippen LogP) is 4.99. The highest BCUT2D eigenvalue weighted by Crippen LogP contribution is 2.47. The van der Waals surface area contributed by atoms with Crippen molar-refractivity contribution in [1.82, 2.24) is 0 Å². The molecule has 0 saturated heterocycles. The van der Waals surface area contributed by atoms with Crippen molar-refractivity contribution in [2.24, 2.45) is 0 Å². The molecular weight excluding hydrogens is 600 g/mol. The molecule has 0 spiro atoms. The Hall–Kier alpha value is -4.75. The zero-order valence-electron chi connectivity index (χ0n) is 23.6. The van der Waals surface area contributed by atoms with E-state index in [1.165, 1.54) is 38.5 Å². The highest BCUT2D eigenvalue weighted by molar-refractivity contribution is 7.86. The summed E-state index contributed by atoms with van der Waals surface area (Å²) in [4.78, 5) is 12.7. The van der Waals surface area contributed by atoms with Gasteiger partial charge in [0.05, 0.1) is 26.7 Å². The van der Waals surface area contributed by atoms with Crippen molar-refractivity contribution in [2.45, 2.75) is 6.61 Å². The summed E-state index contributed by atoms with van der Waals surface area (Å²) in [5, 5.41) is 10.3. The number of benzene rings is 4. The third kappa shape index (κ3) is 7.76. The lowest BCUT2D eigenvalue weighted by Gasteiger charge is -2.20. The maximum Gasteiger partial charge on any atom is 0.340 e. The molecule has 43 heavy (non-hydrogen) atoms. The number of hydrogen-bond donors (Lipinski definition) is 1. The van der Waals surface area contributed by atoms with Gasteiger partial charge < -0.3 is 27.7 Å². The lowest BCUT2D eigenvalue weighted by Crippen LogP contribution is -2.09. The summed E-state index contributed by atoms with van der Waals surface area (Å²) in [5.74, 6) is -1.20. The van der Waals surface area contributed by atoms with Gasteiger partial charge in [-0.05, 0) is 47.0 Å². The van der Waals surface area contributed by atoms with Crippen molar-refractivity contribution in [3.05, 3.63) is 90.0 Å². The van der Waals surface area contributed by atoms with Crippen molar-refractivity contribution < 1.29 is 49.3 Å². The Morgan fingerprint density at radius 2 is 1.35 bits per heavy atom. The number of hydrogen-bond acceptors (Lipinski definition) is 10. The third-order valence-corrected chi connectivity index (χ3v) is 6.98. The van der Waals surface area contributed by atoms with Crippen molar-refractivity contribution >= 4 is 26.2 Å². The first-order valence-electron chi connectivity index (χ1n) is 12.5. The summed E-state index contributed by atoms with van der Waals surface area (Å²) in [6, 6.07) is 21.1. The number of carboxylic acid groups (broad SMARTS) is 1. The first kappa shape index (κ1) is 31.2. The normalized spacial score (nSPS) is 11.4.